The molecule has 0 bridgehead atoms. The van der Waals surface area contributed by atoms with Crippen LogP contribution in [0.15, 0.2) is 65.8 Å². The first-order chi connectivity index (χ1) is 14.7. The number of amides is 1. The van der Waals surface area contributed by atoms with E-state index in [4.69, 9.17) is 5.84 Å². The molecule has 1 fully saturated rings. The molecule has 3 aromatic rings. The molecular weight excluding hydrogens is 394 g/mol. The second kappa shape index (κ2) is 9.80. The smallest absolute Gasteiger partial charge is 0.237 e. The number of thioether (sulfide) groups is 1. The Balaban J connectivity index is 1.46. The first kappa shape index (κ1) is 20.5. The highest BCUT2D eigenvalue weighted by Crippen LogP contribution is 2.32. The van der Waals surface area contributed by atoms with Crippen molar-refractivity contribution in [1.29, 1.82) is 0 Å². The standard InChI is InChI=1S/C23H27N5OS/c24-28-22(19-12-6-2-7-13-19)25-26-23(28)30-17-21(29)27(20-14-8-3-9-15-20)16-18-10-4-1-5-11-18/h1,3-5,8-11,14-15,19H,2,6-7,12-13,16-17,24H2. The summed E-state index contributed by atoms with van der Waals surface area (Å²) < 4.78 is 1.58. The fourth-order valence-electron chi connectivity index (χ4n) is 3.93. The predicted octanol–water partition coefficient (Wildman–Crippen LogP) is 4.37. The lowest BCUT2D eigenvalue weighted by molar-refractivity contribution is -0.116. The van der Waals surface area contributed by atoms with Gasteiger partial charge in [-0.3, -0.25) is 4.79 Å². The van der Waals surface area contributed by atoms with E-state index >= 15 is 0 Å². The third-order valence-corrected chi connectivity index (χ3v) is 6.47. The SMILES string of the molecule is Nn1c(SCC(=O)N(Cc2ccccc2)c2ccccc2)nnc1C1CCCCC1. The number of hydrogen-bond acceptors (Lipinski definition) is 5. The number of rotatable bonds is 7. The zero-order valence-corrected chi connectivity index (χ0v) is 17.8. The lowest BCUT2D eigenvalue weighted by Crippen LogP contribution is -2.32. The summed E-state index contributed by atoms with van der Waals surface area (Å²) in [5.41, 5.74) is 1.96. The van der Waals surface area contributed by atoms with E-state index in [-0.39, 0.29) is 11.7 Å². The number of nitrogens with two attached hydrogens (primary N) is 1. The van der Waals surface area contributed by atoms with E-state index in [2.05, 4.69) is 10.2 Å². The molecule has 2 aromatic carbocycles. The molecule has 7 heteroatoms. The monoisotopic (exact) mass is 421 g/mol. The minimum absolute atomic E-state index is 0.0114. The van der Waals surface area contributed by atoms with Crippen molar-refractivity contribution in [2.45, 2.75) is 49.7 Å². The van der Waals surface area contributed by atoms with Crippen molar-refractivity contribution in [2.75, 3.05) is 16.5 Å². The van der Waals surface area contributed by atoms with Crippen LogP contribution in [0.5, 0.6) is 0 Å². The van der Waals surface area contributed by atoms with E-state index < -0.39 is 0 Å². The first-order valence-electron chi connectivity index (χ1n) is 10.4. The van der Waals surface area contributed by atoms with Crippen molar-refractivity contribution in [1.82, 2.24) is 14.9 Å². The number of benzene rings is 2. The fourth-order valence-corrected chi connectivity index (χ4v) is 4.67. The summed E-state index contributed by atoms with van der Waals surface area (Å²) >= 11 is 1.35. The van der Waals surface area contributed by atoms with Gasteiger partial charge in [0.05, 0.1) is 12.3 Å². The normalized spacial score (nSPS) is 14.5. The lowest BCUT2D eigenvalue weighted by atomic mass is 9.89. The molecule has 4 rings (SSSR count). The molecule has 1 aliphatic carbocycles. The van der Waals surface area contributed by atoms with Crippen molar-refractivity contribution in [2.24, 2.45) is 0 Å². The molecule has 1 heterocycles. The summed E-state index contributed by atoms with van der Waals surface area (Å²) in [5.74, 6) is 7.76. The van der Waals surface area contributed by atoms with Gasteiger partial charge in [-0.05, 0) is 30.5 Å². The Morgan fingerprint density at radius 3 is 2.37 bits per heavy atom. The van der Waals surface area contributed by atoms with Gasteiger partial charge in [-0.15, -0.1) is 10.2 Å². The third-order valence-electron chi connectivity index (χ3n) is 5.54. The highest BCUT2D eigenvalue weighted by Gasteiger charge is 2.24. The Hall–Kier alpha value is -2.80. The van der Waals surface area contributed by atoms with Gasteiger partial charge in [0, 0.05) is 11.6 Å². The van der Waals surface area contributed by atoms with Crippen molar-refractivity contribution in [3.8, 4) is 0 Å². The van der Waals surface area contributed by atoms with E-state index in [1.165, 1.54) is 31.0 Å². The largest absolute Gasteiger partial charge is 0.336 e. The Labute approximate surface area is 181 Å². The molecule has 1 saturated carbocycles. The van der Waals surface area contributed by atoms with Gasteiger partial charge < -0.3 is 10.7 Å². The predicted molar refractivity (Wildman–Crippen MR) is 121 cm³/mol. The van der Waals surface area contributed by atoms with E-state index in [1.807, 2.05) is 65.6 Å². The molecule has 0 spiro atoms. The summed E-state index contributed by atoms with van der Waals surface area (Å²) in [6.07, 6.45) is 5.92. The molecule has 1 amide bonds. The molecule has 156 valence electrons. The number of nitrogens with zero attached hydrogens (tertiary/aromatic N) is 4. The Bertz CT molecular complexity index is 954. The van der Waals surface area contributed by atoms with Crippen LogP contribution in [0.1, 0.15) is 49.4 Å². The van der Waals surface area contributed by atoms with Crippen LogP contribution >= 0.6 is 11.8 Å². The first-order valence-corrected chi connectivity index (χ1v) is 11.4. The van der Waals surface area contributed by atoms with Crippen LogP contribution in [0.3, 0.4) is 0 Å². The van der Waals surface area contributed by atoms with Crippen LogP contribution in [-0.4, -0.2) is 26.5 Å². The van der Waals surface area contributed by atoms with Crippen LogP contribution in [0, 0.1) is 0 Å². The highest BCUT2D eigenvalue weighted by atomic mass is 32.2. The number of aromatic nitrogens is 3. The van der Waals surface area contributed by atoms with E-state index in [9.17, 15) is 4.79 Å². The summed E-state index contributed by atoms with van der Waals surface area (Å²) in [6, 6.07) is 19.8. The number of hydrogen-bond donors (Lipinski definition) is 1. The molecule has 0 aliphatic heterocycles. The zero-order chi connectivity index (χ0) is 20.8. The highest BCUT2D eigenvalue weighted by molar-refractivity contribution is 7.99. The van der Waals surface area contributed by atoms with Crippen molar-refractivity contribution in [3.05, 3.63) is 72.1 Å². The van der Waals surface area contributed by atoms with Gasteiger partial charge >= 0.3 is 0 Å². The Morgan fingerprint density at radius 1 is 1.00 bits per heavy atom. The fraction of sp³-hybridized carbons (Fsp3) is 0.348. The third kappa shape index (κ3) is 4.84. The minimum Gasteiger partial charge on any atom is -0.336 e. The number of para-hydroxylation sites is 1. The van der Waals surface area contributed by atoms with Gasteiger partial charge in [0.1, 0.15) is 0 Å². The second-order valence-corrected chi connectivity index (χ2v) is 8.58. The summed E-state index contributed by atoms with van der Waals surface area (Å²) in [6.45, 7) is 0.521. The topological polar surface area (TPSA) is 77.0 Å². The van der Waals surface area contributed by atoms with Gasteiger partial charge in [-0.25, -0.2) is 4.68 Å². The van der Waals surface area contributed by atoms with Crippen molar-refractivity contribution < 1.29 is 4.79 Å². The molecule has 30 heavy (non-hydrogen) atoms. The Morgan fingerprint density at radius 2 is 1.67 bits per heavy atom. The number of carbonyl (C=O) groups excluding carboxylic acids is 1. The maximum absolute atomic E-state index is 13.1. The second-order valence-electron chi connectivity index (χ2n) is 7.64. The van der Waals surface area contributed by atoms with Crippen molar-refractivity contribution in [3.63, 3.8) is 0 Å². The summed E-state index contributed by atoms with van der Waals surface area (Å²) in [7, 11) is 0. The molecule has 6 nitrogen and oxygen atoms in total. The summed E-state index contributed by atoms with van der Waals surface area (Å²) in [4.78, 5) is 15.0. The van der Waals surface area contributed by atoms with E-state index in [1.54, 1.807) is 4.68 Å². The molecule has 0 radical (unpaired) electrons. The van der Waals surface area contributed by atoms with Gasteiger partial charge in [0.2, 0.25) is 11.1 Å². The van der Waals surface area contributed by atoms with Gasteiger partial charge in [-0.1, -0.05) is 79.6 Å². The maximum atomic E-state index is 13.1. The van der Waals surface area contributed by atoms with E-state index in [0.717, 1.165) is 29.9 Å². The van der Waals surface area contributed by atoms with Gasteiger partial charge in [0.15, 0.2) is 5.82 Å². The molecule has 2 N–H and O–H groups in total. The van der Waals surface area contributed by atoms with Crippen LogP contribution in [-0.2, 0) is 11.3 Å². The van der Waals surface area contributed by atoms with Crippen LogP contribution in [0.4, 0.5) is 5.69 Å². The van der Waals surface area contributed by atoms with Crippen LogP contribution in [0.2, 0.25) is 0 Å². The van der Waals surface area contributed by atoms with Crippen LogP contribution < -0.4 is 10.7 Å². The average molecular weight is 422 g/mol. The minimum atomic E-state index is 0.0114. The molecule has 0 atom stereocenters. The molecule has 0 unspecified atom stereocenters. The van der Waals surface area contributed by atoms with Crippen LogP contribution in [0.25, 0.3) is 0 Å². The lowest BCUT2D eigenvalue weighted by Gasteiger charge is -2.23. The maximum Gasteiger partial charge on any atom is 0.237 e. The average Bonchev–Trinajstić information content (AvgIpc) is 3.18. The molecule has 0 saturated heterocycles. The summed E-state index contributed by atoms with van der Waals surface area (Å²) in [5, 5.41) is 9.18. The molecule has 1 aliphatic rings. The Kier molecular flexibility index (Phi) is 6.69. The quantitative estimate of drug-likeness (QED) is 0.453. The zero-order valence-electron chi connectivity index (χ0n) is 17.0. The van der Waals surface area contributed by atoms with Gasteiger partial charge in [0.25, 0.3) is 0 Å². The van der Waals surface area contributed by atoms with Crippen molar-refractivity contribution >= 4 is 23.4 Å². The van der Waals surface area contributed by atoms with Gasteiger partial charge in [-0.2, -0.15) is 0 Å². The molecular formula is C23H27N5OS. The number of nitrogen functional groups attached to an aromatic ring is 1. The number of anilines is 1. The number of carbonyl (C=O) groups is 1. The van der Waals surface area contributed by atoms with E-state index in [0.29, 0.717) is 17.6 Å². The molecule has 1 aromatic heterocycles.